The van der Waals surface area contributed by atoms with Crippen molar-refractivity contribution in [1.82, 2.24) is 0 Å². The van der Waals surface area contributed by atoms with Gasteiger partial charge >= 0.3 is 0 Å². The highest BCUT2D eigenvalue weighted by Gasteiger charge is 2.35. The maximum atomic E-state index is 13.6. The number of hydrogen-bond acceptors (Lipinski definition) is 1. The molecular weight excluding hydrogens is 376 g/mol. The van der Waals surface area contributed by atoms with Gasteiger partial charge in [0.1, 0.15) is 5.78 Å². The summed E-state index contributed by atoms with van der Waals surface area (Å²) in [6.07, 6.45) is 9.14. The van der Waals surface area contributed by atoms with E-state index in [0.29, 0.717) is 12.2 Å². The fraction of sp³-hybridized carbons (Fsp3) is 0.233. The Morgan fingerprint density at radius 1 is 0.903 bits per heavy atom. The van der Waals surface area contributed by atoms with E-state index < -0.39 is 0 Å². The van der Waals surface area contributed by atoms with E-state index >= 15 is 0 Å². The molecule has 3 aromatic rings. The molecule has 2 aliphatic carbocycles. The number of fused-ring (bicyclic) bond motifs is 1. The summed E-state index contributed by atoms with van der Waals surface area (Å²) in [7, 11) is 0. The molecule has 2 aliphatic rings. The van der Waals surface area contributed by atoms with Gasteiger partial charge < -0.3 is 0 Å². The van der Waals surface area contributed by atoms with Crippen molar-refractivity contribution >= 4 is 17.4 Å². The number of aryl methyl sites for hydroxylation is 1. The molecule has 0 saturated carbocycles. The zero-order chi connectivity index (χ0) is 21.2. The van der Waals surface area contributed by atoms with Crippen molar-refractivity contribution in [1.29, 1.82) is 0 Å². The van der Waals surface area contributed by atoms with Gasteiger partial charge in [-0.25, -0.2) is 0 Å². The number of allylic oxidation sites excluding steroid dienone is 3. The first-order chi connectivity index (χ1) is 15.2. The molecule has 0 heterocycles. The predicted octanol–water partition coefficient (Wildman–Crippen LogP) is 7.21. The van der Waals surface area contributed by atoms with Gasteiger partial charge in [-0.05, 0) is 46.2 Å². The van der Waals surface area contributed by atoms with Crippen molar-refractivity contribution < 1.29 is 4.79 Å². The molecule has 0 radical (unpaired) electrons. The van der Waals surface area contributed by atoms with Crippen molar-refractivity contribution in [3.05, 3.63) is 119 Å². The largest absolute Gasteiger partial charge is 0.299 e. The van der Waals surface area contributed by atoms with Crippen LogP contribution < -0.4 is 0 Å². The lowest BCUT2D eigenvalue weighted by Gasteiger charge is -2.21. The molecule has 2 unspecified atom stereocenters. The SMILES string of the molecule is CCc1ccc([C@@H]2CC(c3ccccc3)=CC2C(=O)CC2C=Cc3ccccc32)cc1. The highest BCUT2D eigenvalue weighted by Crippen LogP contribution is 2.45. The van der Waals surface area contributed by atoms with Gasteiger partial charge in [0.15, 0.2) is 0 Å². The minimum Gasteiger partial charge on any atom is -0.299 e. The third kappa shape index (κ3) is 3.93. The topological polar surface area (TPSA) is 17.1 Å². The van der Waals surface area contributed by atoms with E-state index in [1.807, 2.05) is 6.07 Å². The fourth-order valence-corrected chi connectivity index (χ4v) is 5.13. The molecule has 1 nitrogen and oxygen atoms in total. The average molecular weight is 405 g/mol. The minimum absolute atomic E-state index is 0.0659. The van der Waals surface area contributed by atoms with E-state index in [0.717, 1.165) is 12.8 Å². The molecule has 3 aromatic carbocycles. The van der Waals surface area contributed by atoms with Crippen molar-refractivity contribution in [2.45, 2.75) is 38.0 Å². The fourth-order valence-electron chi connectivity index (χ4n) is 5.13. The van der Waals surface area contributed by atoms with Gasteiger partial charge in [0.2, 0.25) is 0 Å². The Morgan fingerprint density at radius 2 is 1.65 bits per heavy atom. The molecule has 31 heavy (non-hydrogen) atoms. The first-order valence-electron chi connectivity index (χ1n) is 11.4. The molecule has 0 amide bonds. The average Bonchev–Trinajstić information content (AvgIpc) is 3.45. The Labute approximate surface area is 185 Å². The molecule has 0 N–H and O–H groups in total. The Kier molecular flexibility index (Phi) is 5.42. The van der Waals surface area contributed by atoms with Crippen LogP contribution in [0.25, 0.3) is 11.6 Å². The van der Waals surface area contributed by atoms with Gasteiger partial charge in [0, 0.05) is 24.2 Å². The molecule has 5 rings (SSSR count). The second-order valence-corrected chi connectivity index (χ2v) is 8.75. The number of benzene rings is 3. The number of carbonyl (C=O) groups is 1. The van der Waals surface area contributed by atoms with Crippen molar-refractivity contribution in [2.24, 2.45) is 5.92 Å². The van der Waals surface area contributed by atoms with Crippen LogP contribution in [-0.2, 0) is 11.2 Å². The molecule has 0 spiro atoms. The van der Waals surface area contributed by atoms with Gasteiger partial charge in [-0.3, -0.25) is 4.79 Å². The van der Waals surface area contributed by atoms with Crippen LogP contribution in [0.15, 0.2) is 91.0 Å². The highest BCUT2D eigenvalue weighted by atomic mass is 16.1. The lowest BCUT2D eigenvalue weighted by atomic mass is 9.81. The van der Waals surface area contributed by atoms with Gasteiger partial charge in [-0.15, -0.1) is 0 Å². The number of ketones is 1. The van der Waals surface area contributed by atoms with Crippen molar-refractivity contribution in [3.8, 4) is 0 Å². The minimum atomic E-state index is -0.0659. The lowest BCUT2D eigenvalue weighted by molar-refractivity contribution is -0.122. The van der Waals surface area contributed by atoms with Crippen LogP contribution in [0.2, 0.25) is 0 Å². The predicted molar refractivity (Wildman–Crippen MR) is 129 cm³/mol. The molecule has 0 aliphatic heterocycles. The molecule has 0 aromatic heterocycles. The zero-order valence-corrected chi connectivity index (χ0v) is 18.0. The number of rotatable bonds is 6. The summed E-state index contributed by atoms with van der Waals surface area (Å²) in [5.41, 5.74) is 7.68. The molecular formula is C30H28O. The number of hydrogen-bond donors (Lipinski definition) is 0. The van der Waals surface area contributed by atoms with E-state index in [2.05, 4.69) is 97.9 Å². The smallest absolute Gasteiger partial charge is 0.141 e. The molecule has 1 heteroatoms. The standard InChI is InChI=1S/C30H28O/c1-2-21-12-14-24(15-13-21)28-18-26(22-8-4-3-5-9-22)19-29(28)30(31)20-25-17-16-23-10-6-7-11-27(23)25/h3-17,19,25,28-29H,2,18,20H2,1H3/t25?,28-,29?/m0/s1. The van der Waals surface area contributed by atoms with Crippen molar-refractivity contribution in [3.63, 3.8) is 0 Å². The quantitative estimate of drug-likeness (QED) is 0.424. The van der Waals surface area contributed by atoms with E-state index in [4.69, 9.17) is 0 Å². The van der Waals surface area contributed by atoms with Crippen LogP contribution >= 0.6 is 0 Å². The van der Waals surface area contributed by atoms with Gasteiger partial charge in [-0.1, -0.05) is 104 Å². The summed E-state index contributed by atoms with van der Waals surface area (Å²) in [4.78, 5) is 13.6. The van der Waals surface area contributed by atoms with Gasteiger partial charge in [-0.2, -0.15) is 0 Å². The Hall–Kier alpha value is -3.19. The van der Waals surface area contributed by atoms with E-state index in [1.54, 1.807) is 0 Å². The molecule has 0 fully saturated rings. The molecule has 0 bridgehead atoms. The lowest BCUT2D eigenvalue weighted by Crippen LogP contribution is -2.19. The normalized spacial score (nSPS) is 21.7. The maximum absolute atomic E-state index is 13.6. The van der Waals surface area contributed by atoms with Crippen LogP contribution in [0.3, 0.4) is 0 Å². The number of Topliss-reactive ketones (excluding diaryl/α,β-unsaturated/α-hetero) is 1. The molecule has 3 atom stereocenters. The third-order valence-corrected chi connectivity index (χ3v) is 6.91. The monoisotopic (exact) mass is 404 g/mol. The third-order valence-electron chi connectivity index (χ3n) is 6.91. The summed E-state index contributed by atoms with van der Waals surface area (Å²) in [6.45, 7) is 2.18. The Balaban J connectivity index is 1.44. The van der Waals surface area contributed by atoms with Gasteiger partial charge in [0.05, 0.1) is 0 Å². The first-order valence-corrected chi connectivity index (χ1v) is 11.4. The summed E-state index contributed by atoms with van der Waals surface area (Å²) in [6, 6.07) is 27.9. The molecule has 154 valence electrons. The second-order valence-electron chi connectivity index (χ2n) is 8.75. The highest BCUT2D eigenvalue weighted by molar-refractivity contribution is 5.89. The van der Waals surface area contributed by atoms with Crippen LogP contribution in [0, 0.1) is 5.92 Å². The van der Waals surface area contributed by atoms with E-state index in [9.17, 15) is 4.79 Å². The summed E-state index contributed by atoms with van der Waals surface area (Å²) in [5.74, 6) is 0.695. The maximum Gasteiger partial charge on any atom is 0.141 e. The van der Waals surface area contributed by atoms with Crippen molar-refractivity contribution in [2.75, 3.05) is 0 Å². The second kappa shape index (κ2) is 8.51. The first kappa shape index (κ1) is 19.8. The van der Waals surface area contributed by atoms with E-state index in [1.165, 1.54) is 33.4 Å². The molecule has 0 saturated heterocycles. The zero-order valence-electron chi connectivity index (χ0n) is 18.0. The number of carbonyl (C=O) groups excluding carboxylic acids is 1. The van der Waals surface area contributed by atoms with E-state index in [-0.39, 0.29) is 17.8 Å². The summed E-state index contributed by atoms with van der Waals surface area (Å²) < 4.78 is 0. The summed E-state index contributed by atoms with van der Waals surface area (Å²) >= 11 is 0. The Morgan fingerprint density at radius 3 is 2.42 bits per heavy atom. The van der Waals surface area contributed by atoms with Crippen LogP contribution in [0.5, 0.6) is 0 Å². The van der Waals surface area contributed by atoms with Crippen LogP contribution in [-0.4, -0.2) is 5.78 Å². The van der Waals surface area contributed by atoms with Crippen LogP contribution in [0.1, 0.15) is 59.4 Å². The summed E-state index contributed by atoms with van der Waals surface area (Å²) in [5, 5.41) is 0. The van der Waals surface area contributed by atoms with Gasteiger partial charge in [0.25, 0.3) is 0 Å². The van der Waals surface area contributed by atoms with Crippen LogP contribution in [0.4, 0.5) is 0 Å². The Bertz CT molecular complexity index is 1130.